The Balaban J connectivity index is 2.59. The molecule has 1 fully saturated rings. The van der Waals surface area contributed by atoms with E-state index in [4.69, 9.17) is 0 Å². The van der Waals surface area contributed by atoms with Gasteiger partial charge in [-0.25, -0.2) is 0 Å². The summed E-state index contributed by atoms with van der Waals surface area (Å²) >= 11 is 0. The maximum atomic E-state index is 11.9. The molecule has 1 aliphatic heterocycles. The van der Waals surface area contributed by atoms with Crippen LogP contribution in [-0.4, -0.2) is 36.5 Å². The van der Waals surface area contributed by atoms with Crippen molar-refractivity contribution in [1.29, 1.82) is 5.26 Å². The van der Waals surface area contributed by atoms with Crippen molar-refractivity contribution in [2.24, 2.45) is 5.41 Å². The first-order valence-electron chi connectivity index (χ1n) is 6.17. The van der Waals surface area contributed by atoms with Crippen LogP contribution in [0.25, 0.3) is 0 Å². The molecule has 0 saturated carbocycles. The molecular weight excluding hydrogens is 214 g/mol. The van der Waals surface area contributed by atoms with Crippen molar-refractivity contribution < 1.29 is 4.79 Å². The molecule has 1 amide bonds. The quantitative estimate of drug-likeness (QED) is 0.792. The molecule has 1 rings (SSSR count). The van der Waals surface area contributed by atoms with Crippen LogP contribution in [0.15, 0.2) is 0 Å². The standard InChI is InChI=1S/C13H23N3O/c1-12(2,3)9-11(17)15-13(10-14)5-7-16(4)8-6-13/h5-9H2,1-4H3,(H,15,17). The van der Waals surface area contributed by atoms with E-state index >= 15 is 0 Å². The number of nitriles is 1. The van der Waals surface area contributed by atoms with Gasteiger partial charge in [0, 0.05) is 19.5 Å². The third kappa shape index (κ3) is 4.35. The minimum Gasteiger partial charge on any atom is -0.338 e. The second kappa shape index (κ2) is 5.05. The van der Waals surface area contributed by atoms with E-state index in [1.165, 1.54) is 0 Å². The van der Waals surface area contributed by atoms with Crippen LogP contribution in [0.4, 0.5) is 0 Å². The fourth-order valence-electron chi connectivity index (χ4n) is 2.06. The van der Waals surface area contributed by atoms with Crippen molar-refractivity contribution >= 4 is 5.91 Å². The zero-order chi connectivity index (χ0) is 13.1. The lowest BCUT2D eigenvalue weighted by molar-refractivity contribution is -0.124. The molecule has 1 saturated heterocycles. The molecular formula is C13H23N3O. The van der Waals surface area contributed by atoms with Gasteiger partial charge in [-0.1, -0.05) is 20.8 Å². The smallest absolute Gasteiger partial charge is 0.221 e. The highest BCUT2D eigenvalue weighted by molar-refractivity contribution is 5.78. The highest BCUT2D eigenvalue weighted by Crippen LogP contribution is 2.23. The van der Waals surface area contributed by atoms with Gasteiger partial charge >= 0.3 is 0 Å². The lowest BCUT2D eigenvalue weighted by Crippen LogP contribution is -2.54. The van der Waals surface area contributed by atoms with E-state index in [9.17, 15) is 10.1 Å². The SMILES string of the molecule is CN1CCC(C#N)(NC(=O)CC(C)(C)C)CC1. The second-order valence-corrected chi connectivity index (χ2v) is 6.28. The number of piperidine rings is 1. The number of carbonyl (C=O) groups excluding carboxylic acids is 1. The summed E-state index contributed by atoms with van der Waals surface area (Å²) in [5, 5.41) is 12.2. The molecule has 0 atom stereocenters. The molecule has 1 heterocycles. The molecule has 0 unspecified atom stereocenters. The van der Waals surface area contributed by atoms with Gasteiger partial charge in [0.25, 0.3) is 0 Å². The van der Waals surface area contributed by atoms with Crippen LogP contribution in [0.3, 0.4) is 0 Å². The normalized spacial score (nSPS) is 20.6. The monoisotopic (exact) mass is 237 g/mol. The predicted molar refractivity (Wildman–Crippen MR) is 67.3 cm³/mol. The maximum Gasteiger partial charge on any atom is 0.221 e. The first-order valence-corrected chi connectivity index (χ1v) is 6.17. The van der Waals surface area contributed by atoms with E-state index in [1.54, 1.807) is 0 Å². The third-order valence-electron chi connectivity index (χ3n) is 3.12. The highest BCUT2D eigenvalue weighted by Gasteiger charge is 2.35. The van der Waals surface area contributed by atoms with Gasteiger partial charge in [-0.2, -0.15) is 5.26 Å². The minimum absolute atomic E-state index is 0.0106. The Kier molecular flexibility index (Phi) is 4.16. The lowest BCUT2D eigenvalue weighted by Gasteiger charge is -2.36. The molecule has 0 bridgehead atoms. The van der Waals surface area contributed by atoms with Gasteiger partial charge in [0.05, 0.1) is 6.07 Å². The van der Waals surface area contributed by atoms with Gasteiger partial charge in [-0.3, -0.25) is 4.79 Å². The predicted octanol–water partition coefficient (Wildman–Crippen LogP) is 1.53. The second-order valence-electron chi connectivity index (χ2n) is 6.28. The third-order valence-corrected chi connectivity index (χ3v) is 3.12. The van der Waals surface area contributed by atoms with Gasteiger partial charge in [-0.15, -0.1) is 0 Å². The molecule has 4 nitrogen and oxygen atoms in total. The van der Waals surface area contributed by atoms with Crippen molar-refractivity contribution in [3.63, 3.8) is 0 Å². The largest absolute Gasteiger partial charge is 0.338 e. The molecule has 96 valence electrons. The van der Waals surface area contributed by atoms with E-state index in [2.05, 4.69) is 16.3 Å². The molecule has 0 radical (unpaired) electrons. The summed E-state index contributed by atoms with van der Waals surface area (Å²) in [6, 6.07) is 2.30. The van der Waals surface area contributed by atoms with Crippen molar-refractivity contribution in [2.75, 3.05) is 20.1 Å². The Morgan fingerprint density at radius 1 is 1.41 bits per heavy atom. The zero-order valence-electron chi connectivity index (χ0n) is 11.3. The number of amides is 1. The Labute approximate surface area is 104 Å². The van der Waals surface area contributed by atoms with Crippen LogP contribution < -0.4 is 5.32 Å². The number of hydrogen-bond donors (Lipinski definition) is 1. The average molecular weight is 237 g/mol. The van der Waals surface area contributed by atoms with Crippen LogP contribution in [0, 0.1) is 16.7 Å². The van der Waals surface area contributed by atoms with Crippen LogP contribution in [0.1, 0.15) is 40.0 Å². The number of rotatable bonds is 2. The van der Waals surface area contributed by atoms with Gasteiger partial charge in [-0.05, 0) is 25.3 Å². The first kappa shape index (κ1) is 14.0. The number of nitrogens with one attached hydrogen (secondary N) is 1. The van der Waals surface area contributed by atoms with Crippen molar-refractivity contribution in [2.45, 2.75) is 45.6 Å². The minimum atomic E-state index is -0.644. The molecule has 0 aromatic carbocycles. The summed E-state index contributed by atoms with van der Waals surface area (Å²) in [5.74, 6) is -0.0106. The Bertz CT molecular complexity index is 317. The summed E-state index contributed by atoms with van der Waals surface area (Å²) in [4.78, 5) is 14.1. The Hall–Kier alpha value is -1.08. The molecule has 1 N–H and O–H groups in total. The molecule has 17 heavy (non-hydrogen) atoms. The van der Waals surface area contributed by atoms with Crippen LogP contribution in [0.5, 0.6) is 0 Å². The average Bonchev–Trinajstić information content (AvgIpc) is 2.19. The van der Waals surface area contributed by atoms with Gasteiger partial charge < -0.3 is 10.2 Å². The topological polar surface area (TPSA) is 56.1 Å². The number of nitrogens with zero attached hydrogens (tertiary/aromatic N) is 2. The van der Waals surface area contributed by atoms with E-state index in [1.807, 2.05) is 27.8 Å². The number of hydrogen-bond acceptors (Lipinski definition) is 3. The Morgan fingerprint density at radius 3 is 2.35 bits per heavy atom. The van der Waals surface area contributed by atoms with Crippen molar-refractivity contribution in [1.82, 2.24) is 10.2 Å². The lowest BCUT2D eigenvalue weighted by atomic mass is 9.87. The fraction of sp³-hybridized carbons (Fsp3) is 0.846. The molecule has 1 aliphatic rings. The van der Waals surface area contributed by atoms with Gasteiger partial charge in [0.2, 0.25) is 5.91 Å². The number of likely N-dealkylation sites (tertiary alicyclic amines) is 1. The van der Waals surface area contributed by atoms with Crippen LogP contribution in [-0.2, 0) is 4.79 Å². The summed E-state index contributed by atoms with van der Waals surface area (Å²) in [5.41, 5.74) is -0.680. The van der Waals surface area contributed by atoms with Crippen LogP contribution in [0.2, 0.25) is 0 Å². The van der Waals surface area contributed by atoms with Crippen LogP contribution >= 0.6 is 0 Å². The molecule has 0 aliphatic carbocycles. The highest BCUT2D eigenvalue weighted by atomic mass is 16.1. The zero-order valence-corrected chi connectivity index (χ0v) is 11.3. The summed E-state index contributed by atoms with van der Waals surface area (Å²) in [7, 11) is 2.04. The summed E-state index contributed by atoms with van der Waals surface area (Å²) < 4.78 is 0. The molecule has 0 aromatic rings. The van der Waals surface area contributed by atoms with Crippen molar-refractivity contribution in [3.8, 4) is 6.07 Å². The Morgan fingerprint density at radius 2 is 1.94 bits per heavy atom. The van der Waals surface area contributed by atoms with E-state index in [-0.39, 0.29) is 11.3 Å². The molecule has 4 heteroatoms. The maximum absolute atomic E-state index is 11.9. The van der Waals surface area contributed by atoms with E-state index in [0.717, 1.165) is 25.9 Å². The molecule has 0 aromatic heterocycles. The van der Waals surface area contributed by atoms with E-state index < -0.39 is 5.54 Å². The van der Waals surface area contributed by atoms with Gasteiger partial charge in [0.15, 0.2) is 0 Å². The summed E-state index contributed by atoms with van der Waals surface area (Å²) in [6.07, 6.45) is 1.90. The van der Waals surface area contributed by atoms with E-state index in [0.29, 0.717) is 6.42 Å². The number of carbonyl (C=O) groups is 1. The molecule has 0 spiro atoms. The first-order chi connectivity index (χ1) is 7.76. The van der Waals surface area contributed by atoms with Gasteiger partial charge in [0.1, 0.15) is 5.54 Å². The fourth-order valence-corrected chi connectivity index (χ4v) is 2.06. The summed E-state index contributed by atoms with van der Waals surface area (Å²) in [6.45, 7) is 7.81. The van der Waals surface area contributed by atoms with Crippen molar-refractivity contribution in [3.05, 3.63) is 0 Å².